The number of imidazole rings is 1. The number of aromatic nitrogens is 4. The highest BCUT2D eigenvalue weighted by Crippen LogP contribution is 2.35. The first-order valence-corrected chi connectivity index (χ1v) is 13.3. The van der Waals surface area contributed by atoms with E-state index in [0.29, 0.717) is 25.6 Å². The van der Waals surface area contributed by atoms with Crippen LogP contribution in [0.1, 0.15) is 18.6 Å². The summed E-state index contributed by atoms with van der Waals surface area (Å²) in [5.41, 5.74) is 3.49. The summed E-state index contributed by atoms with van der Waals surface area (Å²) in [5.74, 6) is 2.07. The number of carbonyl (C=O) groups excluding carboxylic acids is 1. The highest BCUT2D eigenvalue weighted by Gasteiger charge is 2.24. The summed E-state index contributed by atoms with van der Waals surface area (Å²) in [6.07, 6.45) is 6.98. The molecule has 1 aliphatic rings. The lowest BCUT2D eigenvalue weighted by atomic mass is 10.1. The van der Waals surface area contributed by atoms with E-state index < -0.39 is 0 Å². The first-order chi connectivity index (χ1) is 18.7. The number of thiazole rings is 1. The van der Waals surface area contributed by atoms with E-state index in [2.05, 4.69) is 20.0 Å². The maximum atomic E-state index is 12.5. The number of likely N-dealkylation sites (tertiary alicyclic amines) is 1. The van der Waals surface area contributed by atoms with Crippen molar-refractivity contribution in [3.05, 3.63) is 72.3 Å². The number of hydrogen-bond acceptors (Lipinski definition) is 8. The number of methoxy groups -OCH3 is 1. The number of benzene rings is 1. The topological polar surface area (TPSA) is 110 Å². The molecule has 1 aliphatic heterocycles. The lowest BCUT2D eigenvalue weighted by Gasteiger charge is -2.32. The number of nitrogens with one attached hydrogen (secondary N) is 2. The largest absolute Gasteiger partial charge is 0.497 e. The zero-order valence-electron chi connectivity index (χ0n) is 20.8. The second kappa shape index (κ2) is 10.5. The van der Waals surface area contributed by atoms with Gasteiger partial charge in [-0.2, -0.15) is 0 Å². The molecule has 5 heterocycles. The van der Waals surface area contributed by atoms with E-state index >= 15 is 0 Å². The molecule has 38 heavy (non-hydrogen) atoms. The number of fused-ring (bicyclic) bond motifs is 1. The molecule has 2 N–H and O–H groups in total. The molecule has 1 aromatic carbocycles. The van der Waals surface area contributed by atoms with E-state index in [1.807, 2.05) is 58.9 Å². The van der Waals surface area contributed by atoms with E-state index in [0.717, 1.165) is 52.0 Å². The first-order valence-electron chi connectivity index (χ1n) is 12.4. The van der Waals surface area contributed by atoms with Crippen LogP contribution in [-0.2, 0) is 6.54 Å². The van der Waals surface area contributed by atoms with Gasteiger partial charge in [-0.1, -0.05) is 12.1 Å². The lowest BCUT2D eigenvalue weighted by molar-refractivity contribution is 0.182. The van der Waals surface area contributed by atoms with Crippen LogP contribution in [0.3, 0.4) is 0 Å². The molecular formula is C27H27N7O3S. The van der Waals surface area contributed by atoms with Gasteiger partial charge in [0.15, 0.2) is 4.96 Å². The van der Waals surface area contributed by atoms with Gasteiger partial charge >= 0.3 is 6.03 Å². The van der Waals surface area contributed by atoms with Crippen LogP contribution in [0, 0.1) is 0 Å². The molecule has 0 radical (unpaired) electrons. The monoisotopic (exact) mass is 529 g/mol. The zero-order valence-corrected chi connectivity index (χ0v) is 21.6. The van der Waals surface area contributed by atoms with Crippen LogP contribution in [0.4, 0.5) is 10.7 Å². The Hall–Kier alpha value is -4.38. The molecule has 0 spiro atoms. The molecule has 11 heteroatoms. The Bertz CT molecular complexity index is 1540. The number of nitrogens with zero attached hydrogens (tertiary/aromatic N) is 5. The Balaban J connectivity index is 1.16. The molecule has 2 amide bonds. The van der Waals surface area contributed by atoms with E-state index in [1.54, 1.807) is 30.9 Å². The van der Waals surface area contributed by atoms with Crippen molar-refractivity contribution in [3.63, 3.8) is 0 Å². The smallest absolute Gasteiger partial charge is 0.317 e. The van der Waals surface area contributed by atoms with Gasteiger partial charge in [-0.3, -0.25) is 4.40 Å². The van der Waals surface area contributed by atoms with Crippen molar-refractivity contribution in [1.29, 1.82) is 0 Å². The fourth-order valence-electron chi connectivity index (χ4n) is 4.66. The van der Waals surface area contributed by atoms with Crippen molar-refractivity contribution in [2.24, 2.45) is 0 Å². The molecule has 0 aliphatic carbocycles. The summed E-state index contributed by atoms with van der Waals surface area (Å²) in [7, 11) is 1.66. The van der Waals surface area contributed by atoms with Gasteiger partial charge in [0.05, 0.1) is 31.3 Å². The van der Waals surface area contributed by atoms with Gasteiger partial charge in [0.2, 0.25) is 5.95 Å². The predicted octanol–water partition coefficient (Wildman–Crippen LogP) is 4.91. The average Bonchev–Trinajstić information content (AvgIpc) is 3.71. The van der Waals surface area contributed by atoms with Gasteiger partial charge in [0.1, 0.15) is 17.2 Å². The summed E-state index contributed by atoms with van der Waals surface area (Å²) in [4.78, 5) is 29.5. The quantitative estimate of drug-likeness (QED) is 0.308. The van der Waals surface area contributed by atoms with E-state index in [-0.39, 0.29) is 12.1 Å². The highest BCUT2D eigenvalue weighted by atomic mass is 32.1. The normalized spacial score (nSPS) is 14.1. The van der Waals surface area contributed by atoms with Crippen LogP contribution in [0.15, 0.2) is 70.9 Å². The van der Waals surface area contributed by atoms with E-state index in [1.165, 1.54) is 0 Å². The maximum absolute atomic E-state index is 12.5. The van der Waals surface area contributed by atoms with Crippen molar-refractivity contribution in [1.82, 2.24) is 29.6 Å². The molecular weight excluding hydrogens is 502 g/mol. The number of carbonyl (C=O) groups is 1. The molecule has 194 valence electrons. The molecule has 1 saturated heterocycles. The second-order valence-electron chi connectivity index (χ2n) is 9.01. The minimum Gasteiger partial charge on any atom is -0.497 e. The van der Waals surface area contributed by atoms with Crippen LogP contribution >= 0.6 is 11.3 Å². The van der Waals surface area contributed by atoms with Crippen molar-refractivity contribution >= 4 is 28.3 Å². The Morgan fingerprint density at radius 2 is 2.08 bits per heavy atom. The zero-order chi connectivity index (χ0) is 25.9. The third-order valence-corrected chi connectivity index (χ3v) is 7.37. The summed E-state index contributed by atoms with van der Waals surface area (Å²) in [6, 6.07) is 13.5. The van der Waals surface area contributed by atoms with Crippen LogP contribution in [0.5, 0.6) is 5.75 Å². The number of amides is 2. The van der Waals surface area contributed by atoms with Crippen LogP contribution in [-0.4, -0.2) is 56.5 Å². The van der Waals surface area contributed by atoms with Crippen molar-refractivity contribution in [2.45, 2.75) is 25.4 Å². The molecule has 6 rings (SSSR count). The first kappa shape index (κ1) is 24.0. The fourth-order valence-corrected chi connectivity index (χ4v) is 5.37. The molecule has 0 bridgehead atoms. The Morgan fingerprint density at radius 3 is 2.89 bits per heavy atom. The molecule has 1 fully saturated rings. The molecule has 4 aromatic heterocycles. The number of rotatable bonds is 7. The van der Waals surface area contributed by atoms with Gasteiger partial charge in [-0.25, -0.2) is 19.7 Å². The summed E-state index contributed by atoms with van der Waals surface area (Å²) < 4.78 is 12.8. The third kappa shape index (κ3) is 4.92. The Kier molecular flexibility index (Phi) is 6.65. The summed E-state index contributed by atoms with van der Waals surface area (Å²) >= 11 is 1.58. The van der Waals surface area contributed by atoms with Gasteiger partial charge in [0, 0.05) is 42.5 Å². The molecule has 0 atom stereocenters. The SMILES string of the molecule is COc1cccc(-c2nc3sccn3c2-c2ccnc(NC3CCN(C(=O)NCc4ccco4)CC3)n2)c1. The lowest BCUT2D eigenvalue weighted by Crippen LogP contribution is -2.46. The van der Waals surface area contributed by atoms with Crippen LogP contribution < -0.4 is 15.4 Å². The van der Waals surface area contributed by atoms with Gasteiger partial charge in [-0.15, -0.1) is 11.3 Å². The summed E-state index contributed by atoms with van der Waals surface area (Å²) in [6.45, 7) is 1.69. The van der Waals surface area contributed by atoms with Gasteiger partial charge in [0.25, 0.3) is 0 Å². The minimum absolute atomic E-state index is 0.0799. The maximum Gasteiger partial charge on any atom is 0.317 e. The third-order valence-electron chi connectivity index (χ3n) is 6.61. The number of furan rings is 1. The van der Waals surface area contributed by atoms with Crippen LogP contribution in [0.2, 0.25) is 0 Å². The molecule has 0 unspecified atom stereocenters. The van der Waals surface area contributed by atoms with Crippen LogP contribution in [0.25, 0.3) is 27.6 Å². The van der Waals surface area contributed by atoms with Crippen molar-refractivity contribution in [2.75, 3.05) is 25.5 Å². The molecule has 5 aromatic rings. The average molecular weight is 530 g/mol. The van der Waals surface area contributed by atoms with Crippen molar-refractivity contribution in [3.8, 4) is 28.4 Å². The van der Waals surface area contributed by atoms with Gasteiger partial charge < -0.3 is 24.7 Å². The second-order valence-corrected chi connectivity index (χ2v) is 9.88. The minimum atomic E-state index is -0.0799. The number of urea groups is 1. The highest BCUT2D eigenvalue weighted by molar-refractivity contribution is 7.15. The Labute approximate surface area is 223 Å². The molecule has 0 saturated carbocycles. The number of piperidine rings is 1. The van der Waals surface area contributed by atoms with E-state index in [4.69, 9.17) is 19.1 Å². The fraction of sp³-hybridized carbons (Fsp3) is 0.259. The van der Waals surface area contributed by atoms with Gasteiger partial charge in [-0.05, 0) is 43.2 Å². The predicted molar refractivity (Wildman–Crippen MR) is 145 cm³/mol. The Morgan fingerprint density at radius 1 is 1.18 bits per heavy atom. The standard InChI is InChI=1S/C27H27N7O3S/c1-36-20-5-2-4-18(16-20)23-24(34-13-15-38-27(34)32-23)22-7-10-28-25(31-22)30-19-8-11-33(12-9-19)26(35)29-17-21-6-3-14-37-21/h2-7,10,13-16,19H,8-9,11-12,17H2,1H3,(H,29,35)(H,28,30,31). The summed E-state index contributed by atoms with van der Waals surface area (Å²) in [5, 5.41) is 8.40. The number of anilines is 1. The van der Waals surface area contributed by atoms with Crippen molar-refractivity contribution < 1.29 is 13.9 Å². The van der Waals surface area contributed by atoms with E-state index in [9.17, 15) is 4.79 Å². The number of ether oxygens (including phenoxy) is 1. The number of hydrogen-bond donors (Lipinski definition) is 2. The molecule has 10 nitrogen and oxygen atoms in total.